The second kappa shape index (κ2) is 8.28. The van der Waals surface area contributed by atoms with E-state index in [9.17, 15) is 9.59 Å². The number of thioether (sulfide) groups is 1. The summed E-state index contributed by atoms with van der Waals surface area (Å²) in [6, 6.07) is 13.4. The highest BCUT2D eigenvalue weighted by Gasteiger charge is 2.47. The molecule has 2 fully saturated rings. The largest absolute Gasteiger partial charge is 0.454 e. The van der Waals surface area contributed by atoms with Gasteiger partial charge in [-0.25, -0.2) is 0 Å². The van der Waals surface area contributed by atoms with Crippen LogP contribution in [0.4, 0.5) is 0 Å². The summed E-state index contributed by atoms with van der Waals surface area (Å²) in [5, 5.41) is 0. The van der Waals surface area contributed by atoms with Crippen LogP contribution in [0, 0.1) is 0 Å². The topological polar surface area (TPSA) is 59.1 Å². The van der Waals surface area contributed by atoms with E-state index in [1.165, 1.54) is 5.56 Å². The Labute approximate surface area is 199 Å². The lowest BCUT2D eigenvalue weighted by molar-refractivity contribution is 0.0497. The summed E-state index contributed by atoms with van der Waals surface area (Å²) in [4.78, 5) is 30.2. The summed E-state index contributed by atoms with van der Waals surface area (Å²) in [6.07, 6.45) is 1.56. The average molecular weight is 467 g/mol. The van der Waals surface area contributed by atoms with Gasteiger partial charge >= 0.3 is 0 Å². The number of likely N-dealkylation sites (tertiary alicyclic amines) is 1. The van der Waals surface area contributed by atoms with Crippen molar-refractivity contribution in [2.24, 2.45) is 0 Å². The maximum absolute atomic E-state index is 13.4. The smallest absolute Gasteiger partial charge is 0.254 e. The van der Waals surface area contributed by atoms with Gasteiger partial charge in [0.2, 0.25) is 6.79 Å². The number of piperidine rings is 1. The molecule has 1 spiro atoms. The monoisotopic (exact) mass is 466 g/mol. The van der Waals surface area contributed by atoms with Crippen LogP contribution >= 0.6 is 11.8 Å². The second-order valence-corrected chi connectivity index (χ2v) is 11.4. The molecule has 0 aromatic heterocycles. The number of fused-ring (bicyclic) bond motifs is 1. The molecule has 3 heterocycles. The highest BCUT2D eigenvalue weighted by molar-refractivity contribution is 8.00. The van der Waals surface area contributed by atoms with Gasteiger partial charge in [0.25, 0.3) is 11.8 Å². The predicted molar refractivity (Wildman–Crippen MR) is 129 cm³/mol. The van der Waals surface area contributed by atoms with Crippen LogP contribution in [0.2, 0.25) is 0 Å². The number of amides is 2. The molecule has 0 radical (unpaired) electrons. The zero-order valence-electron chi connectivity index (χ0n) is 19.4. The summed E-state index contributed by atoms with van der Waals surface area (Å²) in [5.74, 6) is 2.32. The van der Waals surface area contributed by atoms with E-state index in [4.69, 9.17) is 9.47 Å². The molecule has 174 valence electrons. The first-order valence-corrected chi connectivity index (χ1v) is 12.5. The Morgan fingerprint density at radius 2 is 1.55 bits per heavy atom. The Balaban J connectivity index is 1.27. The molecule has 6 nitrogen and oxygen atoms in total. The van der Waals surface area contributed by atoms with E-state index in [-0.39, 0.29) is 28.9 Å². The van der Waals surface area contributed by atoms with Crippen molar-refractivity contribution >= 4 is 23.6 Å². The van der Waals surface area contributed by atoms with Crippen molar-refractivity contribution in [1.29, 1.82) is 0 Å². The molecule has 0 N–H and O–H groups in total. The summed E-state index contributed by atoms with van der Waals surface area (Å²) in [6.45, 7) is 8.73. The minimum absolute atomic E-state index is 0.00166. The fraction of sp³-hybridized carbons (Fsp3) is 0.462. The summed E-state index contributed by atoms with van der Waals surface area (Å²) in [5.41, 5.74) is 2.63. The number of hydrogen-bond acceptors (Lipinski definition) is 5. The molecule has 2 saturated heterocycles. The van der Waals surface area contributed by atoms with Crippen molar-refractivity contribution in [3.63, 3.8) is 0 Å². The Morgan fingerprint density at radius 1 is 0.879 bits per heavy atom. The first-order chi connectivity index (χ1) is 15.8. The van der Waals surface area contributed by atoms with Gasteiger partial charge < -0.3 is 19.3 Å². The summed E-state index contributed by atoms with van der Waals surface area (Å²) >= 11 is 1.86. The van der Waals surface area contributed by atoms with Crippen molar-refractivity contribution in [3.05, 3.63) is 59.2 Å². The highest BCUT2D eigenvalue weighted by Crippen LogP contribution is 2.45. The molecule has 7 heteroatoms. The van der Waals surface area contributed by atoms with Crippen molar-refractivity contribution in [2.75, 3.05) is 32.2 Å². The number of rotatable bonds is 2. The second-order valence-electron chi connectivity index (χ2n) is 9.94. The van der Waals surface area contributed by atoms with Crippen LogP contribution in [0.1, 0.15) is 59.9 Å². The number of carbonyl (C=O) groups is 2. The van der Waals surface area contributed by atoms with Crippen molar-refractivity contribution < 1.29 is 19.1 Å². The van der Waals surface area contributed by atoms with E-state index in [1.54, 1.807) is 18.2 Å². The van der Waals surface area contributed by atoms with E-state index in [1.807, 2.05) is 33.7 Å². The number of hydrogen-bond donors (Lipinski definition) is 0. The van der Waals surface area contributed by atoms with Crippen LogP contribution in [0.15, 0.2) is 42.5 Å². The van der Waals surface area contributed by atoms with Crippen molar-refractivity contribution in [3.8, 4) is 11.5 Å². The minimum atomic E-state index is -0.231. The standard InChI is InChI=1S/C26H30N2O4S/c1-25(2,3)20-7-4-18(5-8-20)24(30)28-14-15-33-26(28)10-12-27(13-11-26)23(29)19-6-9-21-22(16-19)32-17-31-21/h4-9,16H,10-15,17H2,1-3H3. The molecule has 5 rings (SSSR count). The van der Waals surface area contributed by atoms with E-state index >= 15 is 0 Å². The number of carbonyl (C=O) groups excluding carboxylic acids is 2. The highest BCUT2D eigenvalue weighted by atomic mass is 32.2. The predicted octanol–water partition coefficient (Wildman–Crippen LogP) is 4.53. The molecule has 33 heavy (non-hydrogen) atoms. The molecule has 2 aromatic rings. The van der Waals surface area contributed by atoms with Gasteiger partial charge in [-0.15, -0.1) is 11.8 Å². The van der Waals surface area contributed by atoms with Gasteiger partial charge in [0.1, 0.15) is 0 Å². The zero-order valence-corrected chi connectivity index (χ0v) is 20.2. The molecule has 3 aliphatic heterocycles. The molecule has 0 aliphatic carbocycles. The molecule has 3 aliphatic rings. The van der Waals surface area contributed by atoms with Gasteiger partial charge in [-0.3, -0.25) is 9.59 Å². The van der Waals surface area contributed by atoms with Gasteiger partial charge in [-0.1, -0.05) is 32.9 Å². The summed E-state index contributed by atoms with van der Waals surface area (Å²) < 4.78 is 10.8. The van der Waals surface area contributed by atoms with Gasteiger partial charge in [0.15, 0.2) is 11.5 Å². The van der Waals surface area contributed by atoms with E-state index < -0.39 is 0 Å². The lowest BCUT2D eigenvalue weighted by Gasteiger charge is -2.44. The third-order valence-electron chi connectivity index (χ3n) is 6.87. The minimum Gasteiger partial charge on any atom is -0.454 e. The molecule has 0 bridgehead atoms. The summed E-state index contributed by atoms with van der Waals surface area (Å²) in [7, 11) is 0. The fourth-order valence-electron chi connectivity index (χ4n) is 4.85. The molecule has 2 amide bonds. The van der Waals surface area contributed by atoms with Crippen molar-refractivity contribution in [2.45, 2.75) is 43.9 Å². The lowest BCUT2D eigenvalue weighted by Crippen LogP contribution is -2.53. The third-order valence-corrected chi connectivity index (χ3v) is 8.42. The maximum Gasteiger partial charge on any atom is 0.254 e. The quantitative estimate of drug-likeness (QED) is 0.651. The molecule has 0 saturated carbocycles. The van der Waals surface area contributed by atoms with Crippen molar-refractivity contribution in [1.82, 2.24) is 9.80 Å². The Bertz CT molecular complexity index is 1070. The maximum atomic E-state index is 13.4. The van der Waals surface area contributed by atoms with Gasteiger partial charge in [-0.2, -0.15) is 0 Å². The van der Waals surface area contributed by atoms with E-state index in [0.29, 0.717) is 30.2 Å². The van der Waals surface area contributed by atoms with E-state index in [2.05, 4.69) is 32.9 Å². The number of benzene rings is 2. The number of ether oxygens (including phenoxy) is 2. The fourth-order valence-corrected chi connectivity index (χ4v) is 6.30. The number of nitrogens with zero attached hydrogens (tertiary/aromatic N) is 2. The van der Waals surface area contributed by atoms with Crippen LogP contribution in [0.5, 0.6) is 11.5 Å². The van der Waals surface area contributed by atoms with E-state index in [0.717, 1.165) is 30.7 Å². The van der Waals surface area contributed by atoms with Gasteiger partial charge in [-0.05, 0) is 54.2 Å². The Kier molecular flexibility index (Phi) is 5.55. The van der Waals surface area contributed by atoms with Crippen LogP contribution in [0.3, 0.4) is 0 Å². The Hall–Kier alpha value is -2.67. The molecule has 2 aromatic carbocycles. The lowest BCUT2D eigenvalue weighted by atomic mass is 9.86. The first kappa shape index (κ1) is 22.1. The zero-order chi connectivity index (χ0) is 23.2. The van der Waals surface area contributed by atoms with Crippen LogP contribution in [-0.2, 0) is 5.41 Å². The van der Waals surface area contributed by atoms with Gasteiger partial charge in [0, 0.05) is 36.5 Å². The van der Waals surface area contributed by atoms with Crippen LogP contribution < -0.4 is 9.47 Å². The normalized spacial score (nSPS) is 19.2. The third kappa shape index (κ3) is 4.07. The first-order valence-electron chi connectivity index (χ1n) is 11.5. The van der Waals surface area contributed by atoms with Gasteiger partial charge in [0.05, 0.1) is 4.87 Å². The molecular weight excluding hydrogens is 436 g/mol. The molecule has 0 atom stereocenters. The van der Waals surface area contributed by atoms with Crippen LogP contribution in [-0.4, -0.2) is 58.7 Å². The molecular formula is C26H30N2O4S. The molecule has 0 unspecified atom stereocenters. The van der Waals surface area contributed by atoms with Crippen LogP contribution in [0.25, 0.3) is 0 Å². The average Bonchev–Trinajstić information content (AvgIpc) is 3.45. The Morgan fingerprint density at radius 3 is 2.24 bits per heavy atom. The SMILES string of the molecule is CC(C)(C)c1ccc(C(=O)N2CCSC23CCN(C(=O)c2ccc4c(c2)OCO4)CC3)cc1.